The van der Waals surface area contributed by atoms with E-state index in [0.29, 0.717) is 10.0 Å². The van der Waals surface area contributed by atoms with Crippen molar-refractivity contribution in [3.05, 3.63) is 33.8 Å². The number of hydrogen-bond donors (Lipinski definition) is 2. The lowest BCUT2D eigenvalue weighted by Crippen LogP contribution is -2.39. The van der Waals surface area contributed by atoms with Crippen LogP contribution < -0.4 is 11.3 Å². The lowest BCUT2D eigenvalue weighted by molar-refractivity contribution is 0.573. The monoisotopic (exact) mass is 306 g/mol. The van der Waals surface area contributed by atoms with Crippen LogP contribution in [0, 0.1) is 0 Å². The molecular weight excluding hydrogens is 287 g/mol. The quantitative estimate of drug-likeness (QED) is 0.640. The van der Waals surface area contributed by atoms with Crippen LogP contribution >= 0.6 is 35.0 Å². The highest BCUT2D eigenvalue weighted by Crippen LogP contribution is 2.26. The van der Waals surface area contributed by atoms with Gasteiger partial charge in [0.25, 0.3) is 0 Å². The molecule has 0 radical (unpaired) electrons. The van der Waals surface area contributed by atoms with Crippen molar-refractivity contribution < 1.29 is 0 Å². The molecule has 0 saturated carbocycles. The minimum atomic E-state index is 0.228. The summed E-state index contributed by atoms with van der Waals surface area (Å²) in [6.07, 6.45) is 0.844. The number of thioether (sulfide) groups is 1. The van der Waals surface area contributed by atoms with Gasteiger partial charge in [-0.05, 0) is 24.1 Å². The van der Waals surface area contributed by atoms with Gasteiger partial charge >= 0.3 is 0 Å². The van der Waals surface area contributed by atoms with Gasteiger partial charge in [-0.3, -0.25) is 11.3 Å². The fourth-order valence-electron chi connectivity index (χ4n) is 1.47. The Hall–Kier alpha value is 0.0700. The van der Waals surface area contributed by atoms with E-state index in [-0.39, 0.29) is 10.8 Å². The first-order valence-electron chi connectivity index (χ1n) is 5.86. The Morgan fingerprint density at radius 2 is 1.94 bits per heavy atom. The number of nitrogens with two attached hydrogens (primary N) is 1. The number of halogens is 2. The van der Waals surface area contributed by atoms with Gasteiger partial charge in [-0.25, -0.2) is 0 Å². The Bertz CT molecular complexity index is 391. The third-order valence-electron chi connectivity index (χ3n) is 2.42. The van der Waals surface area contributed by atoms with E-state index in [4.69, 9.17) is 29.0 Å². The summed E-state index contributed by atoms with van der Waals surface area (Å²) >= 11 is 13.8. The van der Waals surface area contributed by atoms with E-state index in [1.807, 2.05) is 30.0 Å². The van der Waals surface area contributed by atoms with Gasteiger partial charge in [-0.15, -0.1) is 0 Å². The molecule has 0 aliphatic carbocycles. The molecular formula is C13H20Cl2N2S. The fourth-order valence-corrected chi connectivity index (χ4v) is 2.70. The summed E-state index contributed by atoms with van der Waals surface area (Å²) in [5, 5.41) is 1.18. The maximum absolute atomic E-state index is 6.00. The van der Waals surface area contributed by atoms with Crippen LogP contribution in [0.1, 0.15) is 26.3 Å². The van der Waals surface area contributed by atoms with Crippen molar-refractivity contribution in [1.29, 1.82) is 0 Å². The van der Waals surface area contributed by atoms with Crippen LogP contribution in [0.25, 0.3) is 0 Å². The molecule has 1 aromatic carbocycles. The van der Waals surface area contributed by atoms with E-state index in [0.717, 1.165) is 17.7 Å². The molecule has 0 aromatic heterocycles. The van der Waals surface area contributed by atoms with E-state index in [9.17, 15) is 0 Å². The third-order valence-corrected chi connectivity index (χ3v) is 4.59. The Labute approximate surface area is 124 Å². The highest BCUT2D eigenvalue weighted by Gasteiger charge is 2.15. The van der Waals surface area contributed by atoms with Crippen molar-refractivity contribution >= 4 is 35.0 Å². The van der Waals surface area contributed by atoms with Crippen molar-refractivity contribution in [3.63, 3.8) is 0 Å². The summed E-state index contributed by atoms with van der Waals surface area (Å²) in [7, 11) is 0. The maximum Gasteiger partial charge on any atom is 0.0595 e. The summed E-state index contributed by atoms with van der Waals surface area (Å²) < 4.78 is 0.243. The van der Waals surface area contributed by atoms with Gasteiger partial charge in [0.1, 0.15) is 0 Å². The van der Waals surface area contributed by atoms with Gasteiger partial charge < -0.3 is 0 Å². The molecule has 18 heavy (non-hydrogen) atoms. The normalized spacial score (nSPS) is 13.7. The van der Waals surface area contributed by atoms with Crippen molar-refractivity contribution in [3.8, 4) is 0 Å². The second-order valence-corrected chi connectivity index (χ2v) is 7.90. The molecule has 0 aliphatic heterocycles. The Kier molecular flexibility index (Phi) is 6.28. The Morgan fingerprint density at radius 1 is 1.28 bits per heavy atom. The van der Waals surface area contributed by atoms with E-state index in [1.165, 1.54) is 0 Å². The van der Waals surface area contributed by atoms with E-state index >= 15 is 0 Å². The summed E-state index contributed by atoms with van der Waals surface area (Å²) in [6.45, 7) is 6.60. The third kappa shape index (κ3) is 5.81. The van der Waals surface area contributed by atoms with Crippen LogP contribution in [0.5, 0.6) is 0 Å². The molecule has 1 unspecified atom stereocenters. The summed E-state index contributed by atoms with van der Waals surface area (Å²) in [6, 6.07) is 5.94. The zero-order valence-corrected chi connectivity index (χ0v) is 13.3. The Morgan fingerprint density at radius 3 is 2.44 bits per heavy atom. The van der Waals surface area contributed by atoms with Gasteiger partial charge in [0.2, 0.25) is 0 Å². The standard InChI is InChI=1S/C13H20Cl2N2S/c1-13(2,3)18-8-10(17-16)6-9-4-5-11(14)12(15)7-9/h4-5,7,10,17H,6,8,16H2,1-3H3. The predicted molar refractivity (Wildman–Crippen MR) is 83.5 cm³/mol. The molecule has 0 amide bonds. The van der Waals surface area contributed by atoms with Crippen LogP contribution in [0.3, 0.4) is 0 Å². The molecule has 0 fully saturated rings. The van der Waals surface area contributed by atoms with E-state index in [2.05, 4.69) is 26.2 Å². The highest BCUT2D eigenvalue weighted by molar-refractivity contribution is 8.00. The van der Waals surface area contributed by atoms with Crippen LogP contribution in [-0.2, 0) is 6.42 Å². The lowest BCUT2D eigenvalue weighted by Gasteiger charge is -2.22. The fraction of sp³-hybridized carbons (Fsp3) is 0.538. The second kappa shape index (κ2) is 7.01. The number of hydrogen-bond acceptors (Lipinski definition) is 3. The molecule has 5 heteroatoms. The predicted octanol–water partition coefficient (Wildman–Crippen LogP) is 3.90. The molecule has 2 nitrogen and oxygen atoms in total. The number of hydrazine groups is 1. The first-order valence-corrected chi connectivity index (χ1v) is 7.60. The van der Waals surface area contributed by atoms with Gasteiger partial charge in [-0.2, -0.15) is 11.8 Å². The first-order chi connectivity index (χ1) is 8.31. The SMILES string of the molecule is CC(C)(C)SCC(Cc1ccc(Cl)c(Cl)c1)NN. The van der Waals surface area contributed by atoms with Gasteiger partial charge in [0.05, 0.1) is 10.0 Å². The summed E-state index contributed by atoms with van der Waals surface area (Å²) in [4.78, 5) is 0. The summed E-state index contributed by atoms with van der Waals surface area (Å²) in [5.74, 6) is 6.55. The Balaban J connectivity index is 2.59. The van der Waals surface area contributed by atoms with Crippen LogP contribution in [0.4, 0.5) is 0 Å². The average Bonchev–Trinajstić information content (AvgIpc) is 2.28. The molecule has 3 N–H and O–H groups in total. The molecule has 0 spiro atoms. The van der Waals surface area contributed by atoms with Crippen molar-refractivity contribution in [1.82, 2.24) is 5.43 Å². The molecule has 0 bridgehead atoms. The lowest BCUT2D eigenvalue weighted by atomic mass is 10.1. The molecule has 1 aromatic rings. The van der Waals surface area contributed by atoms with Crippen molar-refractivity contribution in [2.24, 2.45) is 5.84 Å². The van der Waals surface area contributed by atoms with Crippen LogP contribution in [0.15, 0.2) is 18.2 Å². The van der Waals surface area contributed by atoms with Gasteiger partial charge in [0, 0.05) is 16.5 Å². The molecule has 0 aliphatic rings. The highest BCUT2D eigenvalue weighted by atomic mass is 35.5. The molecule has 102 valence electrons. The zero-order valence-electron chi connectivity index (χ0n) is 11.0. The van der Waals surface area contributed by atoms with E-state index < -0.39 is 0 Å². The number of benzene rings is 1. The smallest absolute Gasteiger partial charge is 0.0595 e. The zero-order chi connectivity index (χ0) is 13.8. The molecule has 0 heterocycles. The van der Waals surface area contributed by atoms with Crippen LogP contribution in [-0.4, -0.2) is 16.5 Å². The van der Waals surface area contributed by atoms with Gasteiger partial charge in [-0.1, -0.05) is 50.0 Å². The molecule has 0 saturated heterocycles. The second-order valence-electron chi connectivity index (χ2n) is 5.24. The first kappa shape index (κ1) is 16.1. The topological polar surface area (TPSA) is 38.0 Å². The summed E-state index contributed by atoms with van der Waals surface area (Å²) in [5.41, 5.74) is 4.00. The van der Waals surface area contributed by atoms with Gasteiger partial charge in [0.15, 0.2) is 0 Å². The minimum absolute atomic E-state index is 0.228. The van der Waals surface area contributed by atoms with Crippen molar-refractivity contribution in [2.75, 3.05) is 5.75 Å². The maximum atomic E-state index is 6.00. The number of nitrogens with one attached hydrogen (secondary N) is 1. The largest absolute Gasteiger partial charge is 0.271 e. The van der Waals surface area contributed by atoms with Crippen molar-refractivity contribution in [2.45, 2.75) is 38.0 Å². The average molecular weight is 307 g/mol. The minimum Gasteiger partial charge on any atom is -0.271 e. The van der Waals surface area contributed by atoms with Crippen LogP contribution in [0.2, 0.25) is 10.0 Å². The molecule has 1 rings (SSSR count). The van der Waals surface area contributed by atoms with E-state index in [1.54, 1.807) is 0 Å². The number of rotatable bonds is 5. The molecule has 1 atom stereocenters.